The van der Waals surface area contributed by atoms with Crippen LogP contribution in [0.4, 0.5) is 11.5 Å². The van der Waals surface area contributed by atoms with E-state index in [1.165, 1.54) is 11.3 Å². The third-order valence-corrected chi connectivity index (χ3v) is 6.11. The Morgan fingerprint density at radius 3 is 2.47 bits per heavy atom. The van der Waals surface area contributed by atoms with Crippen LogP contribution in [0.25, 0.3) is 0 Å². The Kier molecular flexibility index (Phi) is 8.10. The van der Waals surface area contributed by atoms with Crippen molar-refractivity contribution in [2.24, 2.45) is 0 Å². The molecule has 0 bridgehead atoms. The summed E-state index contributed by atoms with van der Waals surface area (Å²) in [6.45, 7) is 8.07. The van der Waals surface area contributed by atoms with Crippen LogP contribution in [0.15, 0.2) is 59.3 Å². The molecule has 32 heavy (non-hydrogen) atoms. The number of benzene rings is 1. The average molecular weight is 470 g/mol. The highest BCUT2D eigenvalue weighted by Crippen LogP contribution is 2.25. The molecule has 0 saturated heterocycles. The predicted molar refractivity (Wildman–Crippen MR) is 139 cm³/mol. The molecule has 0 aliphatic carbocycles. The zero-order valence-corrected chi connectivity index (χ0v) is 21.0. The number of thiocarbonyl (C=S) groups is 1. The number of hydrogen-bond donors (Lipinski definition) is 0. The Morgan fingerprint density at radius 1 is 1.06 bits per heavy atom. The van der Waals surface area contributed by atoms with Crippen LogP contribution in [-0.4, -0.2) is 37.4 Å². The lowest BCUT2D eigenvalue weighted by atomic mass is 9.87. The molecule has 2 aromatic heterocycles. The summed E-state index contributed by atoms with van der Waals surface area (Å²) in [4.78, 5) is 8.54. The second kappa shape index (κ2) is 10.8. The van der Waals surface area contributed by atoms with Crippen LogP contribution in [0.2, 0.25) is 0 Å². The summed E-state index contributed by atoms with van der Waals surface area (Å²) in [7, 11) is 3.93. The quantitative estimate of drug-likeness (QED) is 0.291. The van der Waals surface area contributed by atoms with Crippen LogP contribution in [0, 0.1) is 0 Å². The molecule has 0 N–H and O–H groups in total. The van der Waals surface area contributed by atoms with Crippen molar-refractivity contribution < 1.29 is 9.47 Å². The van der Waals surface area contributed by atoms with Gasteiger partial charge in [-0.15, -0.1) is 0 Å². The number of aromatic nitrogens is 1. The number of pyridine rings is 1. The monoisotopic (exact) mass is 469 g/mol. The molecule has 0 amide bonds. The largest absolute Gasteiger partial charge is 0.478 e. The maximum Gasteiger partial charge on any atom is 0.270 e. The lowest BCUT2D eigenvalue weighted by Crippen LogP contribution is -2.30. The smallest absolute Gasteiger partial charge is 0.270 e. The molecule has 1 aromatic carbocycles. The first-order chi connectivity index (χ1) is 15.2. The molecule has 0 aliphatic rings. The number of hydrogen-bond acceptors (Lipinski definition) is 6. The van der Waals surface area contributed by atoms with E-state index in [1.54, 1.807) is 16.2 Å². The highest BCUT2D eigenvalue weighted by Gasteiger charge is 2.15. The van der Waals surface area contributed by atoms with Gasteiger partial charge >= 0.3 is 0 Å². The summed E-state index contributed by atoms with van der Waals surface area (Å²) in [6.07, 6.45) is 0.903. The van der Waals surface area contributed by atoms with Gasteiger partial charge in [-0.2, -0.15) is 16.3 Å². The molecule has 7 heteroatoms. The van der Waals surface area contributed by atoms with E-state index in [0.717, 1.165) is 13.0 Å². The number of anilines is 2. The predicted octanol–water partition coefficient (Wildman–Crippen LogP) is 6.15. The fourth-order valence-corrected chi connectivity index (χ4v) is 3.92. The van der Waals surface area contributed by atoms with Gasteiger partial charge in [0, 0.05) is 37.8 Å². The van der Waals surface area contributed by atoms with Crippen molar-refractivity contribution in [3.8, 4) is 11.6 Å². The lowest BCUT2D eigenvalue weighted by molar-refractivity contribution is 0.301. The Bertz CT molecular complexity index is 999. The van der Waals surface area contributed by atoms with Crippen molar-refractivity contribution in [3.63, 3.8) is 0 Å². The third-order valence-electron chi connectivity index (χ3n) is 5.09. The van der Waals surface area contributed by atoms with Crippen molar-refractivity contribution in [3.05, 3.63) is 64.9 Å². The molecule has 0 atom stereocenters. The van der Waals surface area contributed by atoms with Gasteiger partial charge in [-0.25, -0.2) is 0 Å². The van der Waals surface area contributed by atoms with Gasteiger partial charge in [-0.05, 0) is 59.3 Å². The second-order valence-corrected chi connectivity index (χ2v) is 9.77. The topological polar surface area (TPSA) is 37.8 Å². The molecule has 2 heterocycles. The van der Waals surface area contributed by atoms with Crippen LogP contribution in [0.1, 0.15) is 32.8 Å². The minimum atomic E-state index is 0.0967. The van der Waals surface area contributed by atoms with Gasteiger partial charge in [0.2, 0.25) is 5.88 Å². The number of thiophene rings is 1. The van der Waals surface area contributed by atoms with E-state index in [4.69, 9.17) is 21.7 Å². The Labute approximate surface area is 200 Å². The Hall–Kier alpha value is -2.64. The summed E-state index contributed by atoms with van der Waals surface area (Å²) in [6, 6.07) is 15.8. The van der Waals surface area contributed by atoms with E-state index >= 15 is 0 Å². The standard InChI is InChI=1S/C25H31N3O2S2/c1-25(2,3)19-10-12-21(13-11-19)30-24(31)28(5)22-8-6-9-23(26-22)29-16-7-15-27(4)20-14-17-32-18-20/h6,8-14,17-18H,7,15-16H2,1-5H3. The summed E-state index contributed by atoms with van der Waals surface area (Å²) in [5, 5.41) is 4.56. The molecule has 0 radical (unpaired) electrons. The molecule has 0 aliphatic heterocycles. The number of rotatable bonds is 8. The van der Waals surface area contributed by atoms with E-state index in [2.05, 4.69) is 66.7 Å². The van der Waals surface area contributed by atoms with Gasteiger partial charge in [0.15, 0.2) is 0 Å². The highest BCUT2D eigenvalue weighted by atomic mass is 32.1. The summed E-state index contributed by atoms with van der Waals surface area (Å²) < 4.78 is 11.7. The number of nitrogens with zero attached hydrogens (tertiary/aromatic N) is 3. The van der Waals surface area contributed by atoms with E-state index in [9.17, 15) is 0 Å². The van der Waals surface area contributed by atoms with E-state index in [-0.39, 0.29) is 5.41 Å². The van der Waals surface area contributed by atoms with Crippen LogP contribution in [-0.2, 0) is 5.41 Å². The zero-order chi connectivity index (χ0) is 23.1. The average Bonchev–Trinajstić information content (AvgIpc) is 3.31. The highest BCUT2D eigenvalue weighted by molar-refractivity contribution is 7.80. The molecule has 5 nitrogen and oxygen atoms in total. The van der Waals surface area contributed by atoms with Crippen LogP contribution in [0.5, 0.6) is 11.6 Å². The van der Waals surface area contributed by atoms with Crippen molar-refractivity contribution in [2.75, 3.05) is 37.0 Å². The maximum atomic E-state index is 5.87. The number of ether oxygens (including phenoxy) is 2. The van der Waals surface area contributed by atoms with Gasteiger partial charge in [0.1, 0.15) is 11.6 Å². The van der Waals surface area contributed by atoms with Gasteiger partial charge in [-0.1, -0.05) is 39.0 Å². The third kappa shape index (κ3) is 6.68. The van der Waals surface area contributed by atoms with Crippen molar-refractivity contribution >= 4 is 40.2 Å². The fourth-order valence-electron chi connectivity index (χ4n) is 3.04. The van der Waals surface area contributed by atoms with Crippen LogP contribution < -0.4 is 19.3 Å². The van der Waals surface area contributed by atoms with E-state index in [0.29, 0.717) is 29.2 Å². The first-order valence-corrected chi connectivity index (χ1v) is 12.0. The summed E-state index contributed by atoms with van der Waals surface area (Å²) in [5.74, 6) is 1.95. The first-order valence-electron chi connectivity index (χ1n) is 10.6. The molecule has 3 rings (SSSR count). The Balaban J connectivity index is 1.51. The summed E-state index contributed by atoms with van der Waals surface area (Å²) in [5.41, 5.74) is 2.58. The van der Waals surface area contributed by atoms with E-state index in [1.807, 2.05) is 37.4 Å². The van der Waals surface area contributed by atoms with Crippen molar-refractivity contribution in [1.82, 2.24) is 4.98 Å². The normalized spacial score (nSPS) is 11.2. The Morgan fingerprint density at radius 2 is 1.81 bits per heavy atom. The van der Waals surface area contributed by atoms with Crippen molar-refractivity contribution in [2.45, 2.75) is 32.6 Å². The fraction of sp³-hybridized carbons (Fsp3) is 0.360. The molecule has 170 valence electrons. The molecule has 3 aromatic rings. The van der Waals surface area contributed by atoms with Crippen LogP contribution >= 0.6 is 23.6 Å². The molecular weight excluding hydrogens is 438 g/mol. The van der Waals surface area contributed by atoms with Gasteiger partial charge in [-0.3, -0.25) is 4.90 Å². The molecule has 0 fully saturated rings. The molecular formula is C25H31N3O2S2. The lowest BCUT2D eigenvalue weighted by Gasteiger charge is -2.21. The first kappa shape index (κ1) is 24.0. The van der Waals surface area contributed by atoms with Gasteiger partial charge < -0.3 is 14.4 Å². The maximum absolute atomic E-state index is 5.87. The zero-order valence-electron chi connectivity index (χ0n) is 19.4. The van der Waals surface area contributed by atoms with Gasteiger partial charge in [0.05, 0.1) is 6.61 Å². The van der Waals surface area contributed by atoms with Gasteiger partial charge in [0.25, 0.3) is 5.17 Å². The minimum absolute atomic E-state index is 0.0967. The second-order valence-electron chi connectivity index (χ2n) is 8.64. The van der Waals surface area contributed by atoms with Crippen molar-refractivity contribution in [1.29, 1.82) is 0 Å². The van der Waals surface area contributed by atoms with E-state index < -0.39 is 0 Å². The SMILES string of the molecule is CN(CCCOc1cccc(N(C)C(=S)Oc2ccc(C(C)(C)C)cc2)n1)c1ccsc1. The molecule has 0 unspecified atom stereocenters. The van der Waals surface area contributed by atoms with Crippen LogP contribution in [0.3, 0.4) is 0 Å². The minimum Gasteiger partial charge on any atom is -0.478 e. The molecule has 0 spiro atoms. The molecule has 0 saturated carbocycles. The summed E-state index contributed by atoms with van der Waals surface area (Å²) >= 11 is 7.19.